The van der Waals surface area contributed by atoms with Gasteiger partial charge in [0.05, 0.1) is 0 Å². The maximum absolute atomic E-state index is 8.59. The Bertz CT molecular complexity index is 302. The molecule has 0 aliphatic heterocycles. The third-order valence-corrected chi connectivity index (χ3v) is 1.22. The molecule has 0 saturated carbocycles. The summed E-state index contributed by atoms with van der Waals surface area (Å²) in [6, 6.07) is 8.48. The number of fused-ring (bicyclic) bond motifs is 1. The lowest BCUT2D eigenvalue weighted by atomic mass is 9.95. The van der Waals surface area contributed by atoms with Crippen molar-refractivity contribution in [1.82, 2.24) is 11.1 Å². The topological polar surface area (TPSA) is 92.6 Å². The minimum atomic E-state index is -3.12. The molecule has 2 aliphatic rings. The number of rotatable bonds is 0. The lowest BCUT2D eigenvalue weighted by molar-refractivity contribution is 0.505. The number of hydrogen-bond acceptors (Lipinski definition) is 4. The highest BCUT2D eigenvalue weighted by Crippen LogP contribution is 2.29. The van der Waals surface area contributed by atoms with Crippen molar-refractivity contribution in [2.24, 2.45) is 0 Å². The Hall–Kier alpha value is -0.950. The van der Waals surface area contributed by atoms with Crippen LogP contribution < -0.4 is 6.15 Å². The number of hydrogen-bond donors (Lipinski definition) is 3. The van der Waals surface area contributed by atoms with Gasteiger partial charge in [0.2, 0.25) is 0 Å². The van der Waals surface area contributed by atoms with Gasteiger partial charge in [-0.1, -0.05) is 24.3 Å². The van der Waals surface area contributed by atoms with Gasteiger partial charge in [0.15, 0.2) is 0 Å². The zero-order valence-corrected chi connectivity index (χ0v) is 10.1. The molecule has 0 aromatic heterocycles. The highest BCUT2D eigenvalue weighted by atomic mass is 32.2. The van der Waals surface area contributed by atoms with E-state index in [1.165, 1.54) is 11.1 Å². The molecule has 4 N–H and O–H groups in total. The van der Waals surface area contributed by atoms with Crippen molar-refractivity contribution in [2.45, 2.75) is 0 Å². The van der Waals surface area contributed by atoms with E-state index in [0.717, 1.165) is 0 Å². The van der Waals surface area contributed by atoms with Crippen LogP contribution in [0.4, 0.5) is 0 Å². The lowest BCUT2D eigenvalue weighted by Gasteiger charge is -2.10. The number of thiol groups is 1. The molecule has 0 radical (unpaired) electrons. The fourth-order valence-electron chi connectivity index (χ4n) is 0.663. The van der Waals surface area contributed by atoms with Gasteiger partial charge in [-0.15, -0.1) is 0 Å². The molecular weight excluding hydrogens is 216 g/mol. The molecule has 0 fully saturated rings. The maximum atomic E-state index is 8.59. The van der Waals surface area contributed by atoms with Crippen LogP contribution in [0, 0.1) is 0 Å². The van der Waals surface area contributed by atoms with Crippen molar-refractivity contribution in [2.75, 3.05) is 21.1 Å². The minimum Gasteiger partial charge on any atom is -0.344 e. The van der Waals surface area contributed by atoms with E-state index in [-0.39, 0.29) is 6.15 Å². The Kier molecular flexibility index (Phi) is 9.19. The summed E-state index contributed by atoms with van der Waals surface area (Å²) >= 11 is 0. The molecule has 0 aromatic rings. The molecule has 2 aliphatic carbocycles. The van der Waals surface area contributed by atoms with Crippen molar-refractivity contribution in [1.29, 1.82) is 0 Å². The fraction of sp³-hybridized carbons (Fsp3) is 0.333. The Labute approximate surface area is 92.1 Å². The maximum Gasteiger partial charge on any atom is 0.254 e. The summed E-state index contributed by atoms with van der Waals surface area (Å²) in [4.78, 5) is 2.00. The van der Waals surface area contributed by atoms with Crippen molar-refractivity contribution in [3.05, 3.63) is 24.3 Å². The summed E-state index contributed by atoms with van der Waals surface area (Å²) in [6.45, 7) is 0. The Balaban J connectivity index is 0. The zero-order chi connectivity index (χ0) is 11.1. The van der Waals surface area contributed by atoms with E-state index in [9.17, 15) is 0 Å². The van der Waals surface area contributed by atoms with Gasteiger partial charge in [-0.25, -0.2) is 8.42 Å². The average Bonchev–Trinajstić information content (AvgIpc) is 1.94. The van der Waals surface area contributed by atoms with Crippen LogP contribution in [0.3, 0.4) is 0 Å². The first-order valence-corrected chi connectivity index (χ1v) is 5.11. The van der Waals surface area contributed by atoms with E-state index in [0.29, 0.717) is 0 Å². The number of nitrogens with zero attached hydrogens (tertiary/aromatic N) is 1. The molecule has 5 nitrogen and oxygen atoms in total. The van der Waals surface area contributed by atoms with Crippen LogP contribution in [0.15, 0.2) is 24.3 Å². The van der Waals surface area contributed by atoms with Gasteiger partial charge >= 0.3 is 0 Å². The smallest absolute Gasteiger partial charge is 0.254 e. The van der Waals surface area contributed by atoms with Gasteiger partial charge in [-0.05, 0) is 32.3 Å². The minimum absolute atomic E-state index is 0. The van der Waals surface area contributed by atoms with Gasteiger partial charge < -0.3 is 11.1 Å². The molecule has 0 heterocycles. The standard InChI is InChI=1S/C6H4.C3H9N.H3N.H2O3S/c1-2-6-4-3-5(1)6;1-4(2)3;;1-4(2)3/h1-4H;1-3H3;1H3;4H,(H,1,2,3). The third kappa shape index (κ3) is 9.36. The molecule has 88 valence electrons. The van der Waals surface area contributed by atoms with E-state index in [4.69, 9.17) is 13.0 Å². The van der Waals surface area contributed by atoms with Crippen LogP contribution in [-0.2, 0) is 11.0 Å². The van der Waals surface area contributed by atoms with Crippen molar-refractivity contribution >= 4 is 11.0 Å². The van der Waals surface area contributed by atoms with E-state index in [2.05, 4.69) is 24.3 Å². The predicted molar refractivity (Wildman–Crippen MR) is 63.0 cm³/mol. The van der Waals surface area contributed by atoms with Crippen LogP contribution >= 0.6 is 0 Å². The van der Waals surface area contributed by atoms with Gasteiger partial charge in [-0.2, -0.15) is 0 Å². The van der Waals surface area contributed by atoms with Crippen molar-refractivity contribution < 1.29 is 13.0 Å². The highest BCUT2D eigenvalue weighted by molar-refractivity contribution is 7.66. The second-order valence-corrected chi connectivity index (χ2v) is 3.63. The van der Waals surface area contributed by atoms with Gasteiger partial charge in [-0.3, -0.25) is 4.55 Å². The summed E-state index contributed by atoms with van der Waals surface area (Å²) in [7, 11) is 2.88. The molecule has 0 aromatic carbocycles. The van der Waals surface area contributed by atoms with E-state index in [1.54, 1.807) is 0 Å². The van der Waals surface area contributed by atoms with Crippen molar-refractivity contribution in [3.8, 4) is 11.1 Å². The average molecular weight is 234 g/mol. The largest absolute Gasteiger partial charge is 0.344 e. The molecule has 0 spiro atoms. The van der Waals surface area contributed by atoms with Gasteiger partial charge in [0.1, 0.15) is 0 Å². The Morgan fingerprint density at radius 2 is 1.13 bits per heavy atom. The molecule has 0 amide bonds. The van der Waals surface area contributed by atoms with Crippen LogP contribution in [-0.4, -0.2) is 39.0 Å². The second kappa shape index (κ2) is 8.37. The first-order valence-electron chi connectivity index (χ1n) is 3.98. The van der Waals surface area contributed by atoms with Gasteiger partial charge in [0, 0.05) is 0 Å². The normalized spacial score (nSPS) is 9.20. The molecule has 0 bridgehead atoms. The van der Waals surface area contributed by atoms with Gasteiger partial charge in [0.25, 0.3) is 11.0 Å². The summed E-state index contributed by atoms with van der Waals surface area (Å²) in [5.74, 6) is 0. The molecule has 15 heavy (non-hydrogen) atoms. The molecule has 0 unspecified atom stereocenters. The van der Waals surface area contributed by atoms with Crippen LogP contribution in [0.2, 0.25) is 0 Å². The summed E-state index contributed by atoms with van der Waals surface area (Å²) in [6.07, 6.45) is 0. The Morgan fingerprint density at radius 1 is 1.00 bits per heavy atom. The zero-order valence-electron chi connectivity index (χ0n) is 9.17. The summed E-state index contributed by atoms with van der Waals surface area (Å²) in [5.41, 5.74) is 2.85. The lowest BCUT2D eigenvalue weighted by Crippen LogP contribution is -1.99. The third-order valence-electron chi connectivity index (χ3n) is 1.22. The van der Waals surface area contributed by atoms with E-state index in [1.807, 2.05) is 26.0 Å². The molecular formula is C9H18N2O3S. The highest BCUT2D eigenvalue weighted by Gasteiger charge is 2.03. The van der Waals surface area contributed by atoms with Crippen LogP contribution in [0.5, 0.6) is 0 Å². The SMILES string of the molecule is CN(C)C.N.O=[SH](=O)O.c1cc2ccc1-2. The monoisotopic (exact) mass is 234 g/mol. The van der Waals surface area contributed by atoms with E-state index >= 15 is 0 Å². The first kappa shape index (κ1) is 16.5. The van der Waals surface area contributed by atoms with Crippen LogP contribution in [0.1, 0.15) is 0 Å². The molecule has 6 heteroatoms. The first-order chi connectivity index (χ1) is 6.43. The predicted octanol–water partition coefficient (Wildman–Crippen LogP) is 1.08. The van der Waals surface area contributed by atoms with Crippen LogP contribution in [0.25, 0.3) is 11.1 Å². The summed E-state index contributed by atoms with van der Waals surface area (Å²) < 4.78 is 24.2. The summed E-state index contributed by atoms with van der Waals surface area (Å²) in [5, 5.41) is 0. The Morgan fingerprint density at radius 3 is 1.13 bits per heavy atom. The number of benzene rings is 1. The molecule has 0 saturated heterocycles. The second-order valence-electron chi connectivity index (χ2n) is 3.16. The van der Waals surface area contributed by atoms with Crippen molar-refractivity contribution in [3.63, 3.8) is 0 Å². The quantitative estimate of drug-likeness (QED) is 0.468. The molecule has 0 atom stereocenters. The fourth-order valence-corrected chi connectivity index (χ4v) is 0.663. The molecule has 2 rings (SSSR count). The van der Waals surface area contributed by atoms with E-state index < -0.39 is 11.0 Å².